The maximum atomic E-state index is 10.8. The number of carboxylic acid groups (broad SMARTS) is 2. The molecule has 0 aromatic heterocycles. The largest absolute Gasteiger partial charge is 1.00 e. The third-order valence-corrected chi connectivity index (χ3v) is 2.64. The van der Waals surface area contributed by atoms with Gasteiger partial charge < -0.3 is 20.4 Å². The molecule has 0 radical (unpaired) electrons. The van der Waals surface area contributed by atoms with Crippen LogP contribution in [0.4, 0.5) is 0 Å². The summed E-state index contributed by atoms with van der Waals surface area (Å²) in [5.74, 6) is -3.58. The SMILES string of the molecule is CC(C)CCCCCC(C(=N)C(=O)[O-])C(=O)O.[Na+]. The second-order valence-electron chi connectivity index (χ2n) is 4.62. The average molecular weight is 265 g/mol. The van der Waals surface area contributed by atoms with Gasteiger partial charge in [0.1, 0.15) is 0 Å². The van der Waals surface area contributed by atoms with E-state index >= 15 is 0 Å². The standard InChI is InChI=1S/C12H21NO4.Na/c1-8(2)6-4-3-5-7-9(11(14)15)10(13)12(16)17;/h8-9,13H,3-7H2,1-2H3,(H,14,15)(H,16,17);/q;+1/p-1. The van der Waals surface area contributed by atoms with Crippen LogP contribution in [0.3, 0.4) is 0 Å². The van der Waals surface area contributed by atoms with Crippen LogP contribution in [-0.2, 0) is 9.59 Å². The Morgan fingerprint density at radius 3 is 2.06 bits per heavy atom. The minimum atomic E-state index is -1.69. The summed E-state index contributed by atoms with van der Waals surface area (Å²) >= 11 is 0. The fourth-order valence-corrected chi connectivity index (χ4v) is 1.61. The topological polar surface area (TPSA) is 101 Å². The minimum absolute atomic E-state index is 0. The molecule has 5 nitrogen and oxygen atoms in total. The van der Waals surface area contributed by atoms with Gasteiger partial charge in [-0.3, -0.25) is 4.79 Å². The number of carboxylic acids is 2. The third kappa shape index (κ3) is 8.66. The van der Waals surface area contributed by atoms with Gasteiger partial charge in [0.05, 0.1) is 17.6 Å². The van der Waals surface area contributed by atoms with Gasteiger partial charge in [-0.25, -0.2) is 0 Å². The van der Waals surface area contributed by atoms with Gasteiger partial charge in [0.25, 0.3) is 0 Å². The van der Waals surface area contributed by atoms with Crippen LogP contribution in [0.25, 0.3) is 0 Å². The zero-order valence-electron chi connectivity index (χ0n) is 11.4. The Labute approximate surface area is 130 Å². The Balaban J connectivity index is 0. The van der Waals surface area contributed by atoms with E-state index in [1.54, 1.807) is 0 Å². The van der Waals surface area contributed by atoms with E-state index in [0.717, 1.165) is 19.3 Å². The molecule has 6 heteroatoms. The number of hydrogen-bond donors (Lipinski definition) is 2. The van der Waals surface area contributed by atoms with Crippen LogP contribution in [-0.4, -0.2) is 22.8 Å². The molecule has 98 valence electrons. The normalized spacial score (nSPS) is 11.7. The van der Waals surface area contributed by atoms with E-state index < -0.39 is 23.6 Å². The zero-order valence-corrected chi connectivity index (χ0v) is 13.4. The zero-order chi connectivity index (χ0) is 13.4. The molecule has 0 spiro atoms. The Bertz CT molecular complexity index is 292. The first-order valence-corrected chi connectivity index (χ1v) is 5.88. The first kappa shape index (κ1) is 19.9. The van der Waals surface area contributed by atoms with Crippen LogP contribution >= 0.6 is 0 Å². The van der Waals surface area contributed by atoms with Crippen molar-refractivity contribution in [2.75, 3.05) is 0 Å². The summed E-state index contributed by atoms with van der Waals surface area (Å²) in [4.78, 5) is 21.2. The van der Waals surface area contributed by atoms with Crippen LogP contribution in [0.2, 0.25) is 0 Å². The summed E-state index contributed by atoms with van der Waals surface area (Å²) in [5.41, 5.74) is -0.832. The maximum absolute atomic E-state index is 10.8. The van der Waals surface area contributed by atoms with Crippen LogP contribution in [0.15, 0.2) is 0 Å². The molecule has 2 N–H and O–H groups in total. The first-order chi connectivity index (χ1) is 7.86. The van der Waals surface area contributed by atoms with Crippen LogP contribution in [0.1, 0.15) is 46.0 Å². The maximum Gasteiger partial charge on any atom is 1.00 e. The van der Waals surface area contributed by atoms with Crippen molar-refractivity contribution < 1.29 is 49.4 Å². The Kier molecular flexibility index (Phi) is 11.7. The summed E-state index contributed by atoms with van der Waals surface area (Å²) in [6.07, 6.45) is 3.76. The van der Waals surface area contributed by atoms with Crippen molar-refractivity contribution in [1.82, 2.24) is 0 Å². The molecule has 0 heterocycles. The van der Waals surface area contributed by atoms with E-state index in [1.165, 1.54) is 0 Å². The average Bonchev–Trinajstić information content (AvgIpc) is 2.21. The molecule has 0 aliphatic heterocycles. The monoisotopic (exact) mass is 265 g/mol. The molecule has 0 aliphatic carbocycles. The van der Waals surface area contributed by atoms with E-state index in [2.05, 4.69) is 13.8 Å². The number of aliphatic carboxylic acids is 2. The first-order valence-electron chi connectivity index (χ1n) is 5.88. The molecule has 0 fully saturated rings. The fourth-order valence-electron chi connectivity index (χ4n) is 1.61. The molecule has 0 rings (SSSR count). The number of nitrogens with one attached hydrogen (secondary N) is 1. The summed E-state index contributed by atoms with van der Waals surface area (Å²) < 4.78 is 0. The molecular weight excluding hydrogens is 245 g/mol. The van der Waals surface area contributed by atoms with Gasteiger partial charge in [0.2, 0.25) is 0 Å². The minimum Gasteiger partial charge on any atom is -0.543 e. The van der Waals surface area contributed by atoms with Crippen molar-refractivity contribution in [3.63, 3.8) is 0 Å². The predicted molar refractivity (Wildman–Crippen MR) is 61.8 cm³/mol. The number of hydrogen-bond acceptors (Lipinski definition) is 4. The molecule has 0 saturated carbocycles. The van der Waals surface area contributed by atoms with Gasteiger partial charge in [-0.1, -0.05) is 39.5 Å². The molecule has 0 aromatic carbocycles. The molecule has 18 heavy (non-hydrogen) atoms. The van der Waals surface area contributed by atoms with Crippen molar-refractivity contribution in [1.29, 1.82) is 5.41 Å². The molecule has 0 aromatic rings. The number of carbonyl (C=O) groups excluding carboxylic acids is 1. The van der Waals surface area contributed by atoms with Crippen LogP contribution in [0.5, 0.6) is 0 Å². The van der Waals surface area contributed by atoms with Gasteiger partial charge >= 0.3 is 35.5 Å². The van der Waals surface area contributed by atoms with E-state index in [-0.39, 0.29) is 36.0 Å². The molecular formula is C12H20NNaO4. The summed E-state index contributed by atoms with van der Waals surface area (Å²) in [6, 6.07) is 0. The summed E-state index contributed by atoms with van der Waals surface area (Å²) in [5, 5.41) is 26.4. The second kappa shape index (κ2) is 10.5. The Morgan fingerprint density at radius 1 is 1.17 bits per heavy atom. The van der Waals surface area contributed by atoms with Crippen LogP contribution in [0, 0.1) is 17.2 Å². The van der Waals surface area contributed by atoms with E-state index in [1.807, 2.05) is 0 Å². The molecule has 1 unspecified atom stereocenters. The van der Waals surface area contributed by atoms with E-state index in [9.17, 15) is 14.7 Å². The molecule has 1 atom stereocenters. The van der Waals surface area contributed by atoms with Gasteiger partial charge in [-0.05, 0) is 12.3 Å². The third-order valence-electron chi connectivity index (χ3n) is 2.64. The fraction of sp³-hybridized carbons (Fsp3) is 0.750. The predicted octanol–water partition coefficient (Wildman–Crippen LogP) is -1.93. The second-order valence-corrected chi connectivity index (χ2v) is 4.62. The molecule has 0 saturated heterocycles. The molecule has 0 aliphatic rings. The van der Waals surface area contributed by atoms with Gasteiger partial charge in [-0.15, -0.1) is 0 Å². The summed E-state index contributed by atoms with van der Waals surface area (Å²) in [7, 11) is 0. The Hall–Kier alpha value is -0.390. The van der Waals surface area contributed by atoms with E-state index in [4.69, 9.17) is 10.5 Å². The van der Waals surface area contributed by atoms with Crippen molar-refractivity contribution in [3.8, 4) is 0 Å². The van der Waals surface area contributed by atoms with Gasteiger partial charge in [0.15, 0.2) is 0 Å². The van der Waals surface area contributed by atoms with Crippen molar-refractivity contribution in [3.05, 3.63) is 0 Å². The number of carbonyl (C=O) groups is 2. The van der Waals surface area contributed by atoms with Crippen molar-refractivity contribution in [2.24, 2.45) is 11.8 Å². The smallest absolute Gasteiger partial charge is 0.543 e. The van der Waals surface area contributed by atoms with Crippen LogP contribution < -0.4 is 34.7 Å². The van der Waals surface area contributed by atoms with Gasteiger partial charge in [0, 0.05) is 0 Å². The molecule has 0 bridgehead atoms. The van der Waals surface area contributed by atoms with E-state index in [0.29, 0.717) is 12.3 Å². The number of unbranched alkanes of at least 4 members (excludes halogenated alkanes) is 2. The Morgan fingerprint density at radius 2 is 1.67 bits per heavy atom. The summed E-state index contributed by atoms with van der Waals surface area (Å²) in [6.45, 7) is 4.23. The van der Waals surface area contributed by atoms with Crippen molar-refractivity contribution in [2.45, 2.75) is 46.0 Å². The van der Waals surface area contributed by atoms with Crippen molar-refractivity contribution >= 4 is 17.7 Å². The quantitative estimate of drug-likeness (QED) is 0.288. The van der Waals surface area contributed by atoms with Gasteiger partial charge in [-0.2, -0.15) is 0 Å². The number of rotatable bonds is 9. The molecule has 0 amide bonds.